The summed E-state index contributed by atoms with van der Waals surface area (Å²) in [5.41, 5.74) is 3.81. The molecular formula is C22H18ClN3O3S. The number of aryl methyl sites for hydroxylation is 1. The molecule has 4 aromatic rings. The number of carbonyl (C=O) groups is 1. The molecule has 0 atom stereocenters. The molecule has 1 aromatic heterocycles. The number of aromatic amines is 1. The second-order valence-corrected chi connectivity index (χ2v) is 9.42. The molecule has 0 unspecified atom stereocenters. The zero-order valence-corrected chi connectivity index (χ0v) is 17.8. The predicted octanol–water partition coefficient (Wildman–Crippen LogP) is 4.85. The van der Waals surface area contributed by atoms with Crippen LogP contribution in [0.15, 0.2) is 65.6 Å². The second kappa shape index (κ2) is 7.59. The van der Waals surface area contributed by atoms with Crippen molar-refractivity contribution in [1.82, 2.24) is 9.97 Å². The summed E-state index contributed by atoms with van der Waals surface area (Å²) in [5.74, 6) is 0.249. The fourth-order valence-corrected chi connectivity index (χ4v) is 4.02. The number of hydrogen-bond donors (Lipinski definition) is 2. The third-order valence-corrected chi connectivity index (χ3v) is 6.19. The quantitative estimate of drug-likeness (QED) is 0.475. The Morgan fingerprint density at radius 1 is 1.07 bits per heavy atom. The highest BCUT2D eigenvalue weighted by Crippen LogP contribution is 2.28. The summed E-state index contributed by atoms with van der Waals surface area (Å²) in [5, 5.41) is 3.41. The summed E-state index contributed by atoms with van der Waals surface area (Å²) in [7, 11) is -3.41. The van der Waals surface area contributed by atoms with E-state index < -0.39 is 9.84 Å². The first-order valence-electron chi connectivity index (χ1n) is 9.09. The van der Waals surface area contributed by atoms with Crippen molar-refractivity contribution in [2.75, 3.05) is 11.6 Å². The summed E-state index contributed by atoms with van der Waals surface area (Å²) in [6, 6.07) is 17.2. The summed E-state index contributed by atoms with van der Waals surface area (Å²) in [6.07, 6.45) is 1.11. The van der Waals surface area contributed by atoms with E-state index >= 15 is 0 Å². The Kier molecular flexibility index (Phi) is 5.09. The number of amides is 1. The highest BCUT2D eigenvalue weighted by molar-refractivity contribution is 7.90. The van der Waals surface area contributed by atoms with Gasteiger partial charge in [-0.25, -0.2) is 13.4 Å². The molecule has 0 aliphatic heterocycles. The van der Waals surface area contributed by atoms with Crippen LogP contribution >= 0.6 is 11.6 Å². The highest BCUT2D eigenvalue weighted by Gasteiger charge is 2.15. The molecule has 0 spiro atoms. The van der Waals surface area contributed by atoms with Gasteiger partial charge in [0.25, 0.3) is 5.91 Å². The van der Waals surface area contributed by atoms with Crippen molar-refractivity contribution in [3.8, 4) is 11.4 Å². The molecule has 0 aliphatic rings. The van der Waals surface area contributed by atoms with Gasteiger partial charge in [-0.1, -0.05) is 29.8 Å². The van der Waals surface area contributed by atoms with E-state index in [1.54, 1.807) is 37.3 Å². The van der Waals surface area contributed by atoms with E-state index in [2.05, 4.69) is 15.3 Å². The number of H-pyrrole nitrogens is 1. The van der Waals surface area contributed by atoms with Crippen LogP contribution in [0.2, 0.25) is 5.02 Å². The Bertz CT molecular complexity index is 1390. The lowest BCUT2D eigenvalue weighted by molar-refractivity contribution is 0.102. The Morgan fingerprint density at radius 3 is 2.57 bits per heavy atom. The fraction of sp³-hybridized carbons (Fsp3) is 0.0909. The predicted molar refractivity (Wildman–Crippen MR) is 119 cm³/mol. The van der Waals surface area contributed by atoms with Gasteiger partial charge in [-0.2, -0.15) is 0 Å². The van der Waals surface area contributed by atoms with Gasteiger partial charge in [0.05, 0.1) is 21.0 Å². The topological polar surface area (TPSA) is 91.9 Å². The minimum Gasteiger partial charge on any atom is -0.338 e. The Balaban J connectivity index is 1.65. The number of nitrogens with zero attached hydrogens (tertiary/aromatic N) is 1. The number of benzene rings is 3. The Labute approximate surface area is 178 Å². The highest BCUT2D eigenvalue weighted by atomic mass is 35.5. The van der Waals surface area contributed by atoms with E-state index in [1.165, 1.54) is 12.1 Å². The van der Waals surface area contributed by atoms with Crippen molar-refractivity contribution < 1.29 is 13.2 Å². The number of imidazole rings is 1. The molecule has 1 heterocycles. The van der Waals surface area contributed by atoms with Crippen molar-refractivity contribution in [1.29, 1.82) is 0 Å². The lowest BCUT2D eigenvalue weighted by atomic mass is 10.1. The molecule has 0 saturated carbocycles. The number of nitrogens with one attached hydrogen (secondary N) is 2. The minimum atomic E-state index is -3.41. The van der Waals surface area contributed by atoms with Gasteiger partial charge in [-0.05, 0) is 55.0 Å². The standard InChI is InChI=1S/C22H18ClN3O3S/c1-13-7-9-15(30(2,28)29)12-17(13)22(27)24-14-8-10-19-20(11-14)26-21(25-19)16-5-3-4-6-18(16)23/h3-12H,1-2H3,(H,24,27)(H,25,26). The maximum absolute atomic E-state index is 12.8. The van der Waals surface area contributed by atoms with Gasteiger partial charge >= 0.3 is 0 Å². The summed E-state index contributed by atoms with van der Waals surface area (Å²) < 4.78 is 23.6. The maximum atomic E-state index is 12.8. The lowest BCUT2D eigenvalue weighted by Crippen LogP contribution is -2.14. The largest absolute Gasteiger partial charge is 0.338 e. The van der Waals surface area contributed by atoms with Crippen molar-refractivity contribution in [2.24, 2.45) is 0 Å². The molecule has 152 valence electrons. The second-order valence-electron chi connectivity index (χ2n) is 7.00. The molecule has 0 aliphatic carbocycles. The number of sulfone groups is 1. The molecule has 2 N–H and O–H groups in total. The van der Waals surface area contributed by atoms with E-state index in [4.69, 9.17) is 11.6 Å². The van der Waals surface area contributed by atoms with Crippen molar-refractivity contribution in [2.45, 2.75) is 11.8 Å². The number of fused-ring (bicyclic) bond motifs is 1. The molecule has 0 bridgehead atoms. The number of hydrogen-bond acceptors (Lipinski definition) is 4. The van der Waals surface area contributed by atoms with Gasteiger partial charge in [0, 0.05) is 23.1 Å². The first kappa shape index (κ1) is 20.1. The van der Waals surface area contributed by atoms with E-state index in [9.17, 15) is 13.2 Å². The third-order valence-electron chi connectivity index (χ3n) is 4.75. The normalized spacial score (nSPS) is 11.6. The summed E-state index contributed by atoms with van der Waals surface area (Å²) >= 11 is 6.25. The van der Waals surface area contributed by atoms with E-state index in [1.807, 2.05) is 18.2 Å². The number of anilines is 1. The monoisotopic (exact) mass is 439 g/mol. The summed E-state index contributed by atoms with van der Waals surface area (Å²) in [6.45, 7) is 1.76. The molecule has 1 amide bonds. The van der Waals surface area contributed by atoms with Gasteiger partial charge in [0.1, 0.15) is 5.82 Å². The van der Waals surface area contributed by atoms with E-state index in [0.717, 1.165) is 22.9 Å². The first-order chi connectivity index (χ1) is 14.2. The van der Waals surface area contributed by atoms with E-state index in [0.29, 0.717) is 27.7 Å². The molecular weight excluding hydrogens is 422 g/mol. The average Bonchev–Trinajstić information content (AvgIpc) is 3.10. The van der Waals surface area contributed by atoms with Gasteiger partial charge in [0.2, 0.25) is 0 Å². The van der Waals surface area contributed by atoms with Crippen LogP contribution in [0.4, 0.5) is 5.69 Å². The van der Waals surface area contributed by atoms with Crippen molar-refractivity contribution in [3.05, 3.63) is 76.8 Å². The molecule has 4 rings (SSSR count). The van der Waals surface area contributed by atoms with Crippen LogP contribution in [-0.2, 0) is 9.84 Å². The lowest BCUT2D eigenvalue weighted by Gasteiger charge is -2.09. The molecule has 0 fully saturated rings. The van der Waals surface area contributed by atoms with Gasteiger partial charge in [-0.3, -0.25) is 4.79 Å². The zero-order valence-electron chi connectivity index (χ0n) is 16.2. The maximum Gasteiger partial charge on any atom is 0.255 e. The third kappa shape index (κ3) is 3.94. The van der Waals surface area contributed by atoms with Crippen LogP contribution < -0.4 is 5.32 Å². The van der Waals surface area contributed by atoms with Crippen LogP contribution in [0.1, 0.15) is 15.9 Å². The Morgan fingerprint density at radius 2 is 1.83 bits per heavy atom. The SMILES string of the molecule is Cc1ccc(S(C)(=O)=O)cc1C(=O)Nc1ccc2nc(-c3ccccc3Cl)[nH]c2c1. The van der Waals surface area contributed by atoms with Gasteiger partial charge in [-0.15, -0.1) is 0 Å². The number of rotatable bonds is 4. The summed E-state index contributed by atoms with van der Waals surface area (Å²) in [4.78, 5) is 20.7. The Hall–Kier alpha value is -3.16. The van der Waals surface area contributed by atoms with Crippen LogP contribution in [0.5, 0.6) is 0 Å². The molecule has 6 nitrogen and oxygen atoms in total. The van der Waals surface area contributed by atoms with Crippen LogP contribution in [0.25, 0.3) is 22.4 Å². The van der Waals surface area contributed by atoms with Crippen LogP contribution in [0.3, 0.4) is 0 Å². The fourth-order valence-electron chi connectivity index (χ4n) is 3.14. The molecule has 0 saturated heterocycles. The number of aromatic nitrogens is 2. The van der Waals surface area contributed by atoms with Crippen LogP contribution in [-0.4, -0.2) is 30.5 Å². The van der Waals surface area contributed by atoms with Crippen molar-refractivity contribution >= 4 is 44.1 Å². The molecule has 30 heavy (non-hydrogen) atoms. The minimum absolute atomic E-state index is 0.103. The number of carbonyl (C=O) groups excluding carboxylic acids is 1. The number of halogens is 1. The van der Waals surface area contributed by atoms with Gasteiger partial charge in [0.15, 0.2) is 9.84 Å². The molecule has 3 aromatic carbocycles. The zero-order chi connectivity index (χ0) is 21.5. The smallest absolute Gasteiger partial charge is 0.255 e. The molecule has 8 heteroatoms. The van der Waals surface area contributed by atoms with E-state index in [-0.39, 0.29) is 10.8 Å². The molecule has 0 radical (unpaired) electrons. The average molecular weight is 440 g/mol. The first-order valence-corrected chi connectivity index (χ1v) is 11.4. The van der Waals surface area contributed by atoms with Crippen LogP contribution in [0, 0.1) is 6.92 Å². The van der Waals surface area contributed by atoms with Crippen molar-refractivity contribution in [3.63, 3.8) is 0 Å². The van der Waals surface area contributed by atoms with Gasteiger partial charge < -0.3 is 10.3 Å².